The zero-order chi connectivity index (χ0) is 7.14. The van der Waals surface area contributed by atoms with Gasteiger partial charge in [0.15, 0.2) is 0 Å². The average Bonchev–Trinajstić information content (AvgIpc) is 2.45. The van der Waals surface area contributed by atoms with Crippen LogP contribution in [-0.2, 0) is 4.84 Å². The van der Waals surface area contributed by atoms with E-state index in [4.69, 9.17) is 9.94 Å². The Hall–Kier alpha value is -0.120. The summed E-state index contributed by atoms with van der Waals surface area (Å²) in [5, 5.41) is 10.6. The highest BCUT2D eigenvalue weighted by atomic mass is 16.7. The molecule has 3 heteroatoms. The maximum absolute atomic E-state index is 8.62. The van der Waals surface area contributed by atoms with Gasteiger partial charge in [0, 0.05) is 6.04 Å². The highest BCUT2D eigenvalue weighted by Crippen LogP contribution is 2.38. The zero-order valence-electron chi connectivity index (χ0n) is 6.16. The van der Waals surface area contributed by atoms with Gasteiger partial charge in [-0.25, -0.2) is 0 Å². The van der Waals surface area contributed by atoms with E-state index in [2.05, 4.69) is 6.92 Å². The van der Waals surface area contributed by atoms with Gasteiger partial charge in [-0.15, -0.1) is 0 Å². The van der Waals surface area contributed by atoms with Crippen molar-refractivity contribution in [3.63, 3.8) is 0 Å². The van der Waals surface area contributed by atoms with Gasteiger partial charge in [-0.3, -0.25) is 4.84 Å². The molecule has 0 spiro atoms. The summed E-state index contributed by atoms with van der Waals surface area (Å²) in [4.78, 5) is 5.27. The largest absolute Gasteiger partial charge is 0.394 e. The van der Waals surface area contributed by atoms with Gasteiger partial charge >= 0.3 is 0 Å². The van der Waals surface area contributed by atoms with Crippen molar-refractivity contribution in [2.45, 2.75) is 25.5 Å². The summed E-state index contributed by atoms with van der Waals surface area (Å²) in [6.45, 7) is 3.31. The fourth-order valence-electron chi connectivity index (χ4n) is 1.39. The van der Waals surface area contributed by atoms with Gasteiger partial charge in [0.1, 0.15) is 6.10 Å². The number of hydroxylamine groups is 2. The first-order chi connectivity index (χ1) is 4.81. The van der Waals surface area contributed by atoms with Crippen molar-refractivity contribution >= 4 is 0 Å². The summed E-state index contributed by atoms with van der Waals surface area (Å²) in [6.07, 6.45) is 1.35. The van der Waals surface area contributed by atoms with Crippen LogP contribution in [0.15, 0.2) is 0 Å². The summed E-state index contributed by atoms with van der Waals surface area (Å²) >= 11 is 0. The molecule has 2 aliphatic rings. The summed E-state index contributed by atoms with van der Waals surface area (Å²) < 4.78 is 0. The fourth-order valence-corrected chi connectivity index (χ4v) is 1.39. The third kappa shape index (κ3) is 0.944. The van der Waals surface area contributed by atoms with Crippen molar-refractivity contribution in [3.05, 3.63) is 0 Å². The minimum absolute atomic E-state index is 0.0906. The van der Waals surface area contributed by atoms with Crippen LogP contribution in [0.25, 0.3) is 0 Å². The minimum Gasteiger partial charge on any atom is -0.394 e. The van der Waals surface area contributed by atoms with Crippen LogP contribution in [0, 0.1) is 5.92 Å². The van der Waals surface area contributed by atoms with E-state index in [1.807, 2.05) is 5.06 Å². The molecule has 2 fully saturated rings. The molecule has 1 N–H and O–H groups in total. The van der Waals surface area contributed by atoms with Crippen LogP contribution in [0.5, 0.6) is 0 Å². The molecule has 1 aliphatic carbocycles. The lowest BCUT2D eigenvalue weighted by Crippen LogP contribution is -2.51. The Bertz CT molecular complexity index is 134. The predicted molar refractivity (Wildman–Crippen MR) is 36.2 cm³/mol. The summed E-state index contributed by atoms with van der Waals surface area (Å²) in [5.74, 6) is 0.805. The van der Waals surface area contributed by atoms with Gasteiger partial charge < -0.3 is 5.11 Å². The molecule has 0 aromatic carbocycles. The molecule has 10 heavy (non-hydrogen) atoms. The quantitative estimate of drug-likeness (QED) is 0.590. The number of aliphatic hydroxyl groups excluding tert-OH is 1. The Morgan fingerprint density at radius 3 is 2.70 bits per heavy atom. The van der Waals surface area contributed by atoms with Crippen molar-refractivity contribution in [3.8, 4) is 0 Å². The van der Waals surface area contributed by atoms with E-state index in [1.54, 1.807) is 0 Å². The first-order valence-electron chi connectivity index (χ1n) is 3.85. The summed E-state index contributed by atoms with van der Waals surface area (Å²) in [6, 6.07) is 0.655. The van der Waals surface area contributed by atoms with Crippen LogP contribution < -0.4 is 0 Å². The van der Waals surface area contributed by atoms with Crippen LogP contribution in [0.2, 0.25) is 0 Å². The highest BCUT2D eigenvalue weighted by molar-refractivity contribution is 4.92. The minimum atomic E-state index is 0.0906. The van der Waals surface area contributed by atoms with Crippen LogP contribution in [0.4, 0.5) is 0 Å². The third-order valence-corrected chi connectivity index (χ3v) is 2.31. The molecular formula is C7H13NO2. The van der Waals surface area contributed by atoms with Crippen LogP contribution in [0.1, 0.15) is 13.3 Å². The molecule has 2 unspecified atom stereocenters. The second-order valence-corrected chi connectivity index (χ2v) is 3.29. The molecule has 1 heterocycles. The first-order valence-corrected chi connectivity index (χ1v) is 3.85. The lowest BCUT2D eigenvalue weighted by Gasteiger charge is -2.37. The molecule has 2 rings (SSSR count). The summed E-state index contributed by atoms with van der Waals surface area (Å²) in [7, 11) is 0. The van der Waals surface area contributed by atoms with Crippen LogP contribution in [-0.4, -0.2) is 35.5 Å². The van der Waals surface area contributed by atoms with Gasteiger partial charge in [-0.1, -0.05) is 6.92 Å². The molecule has 3 atom stereocenters. The van der Waals surface area contributed by atoms with E-state index in [9.17, 15) is 0 Å². The number of hydrogen-bond acceptors (Lipinski definition) is 3. The Morgan fingerprint density at radius 2 is 2.30 bits per heavy atom. The topological polar surface area (TPSA) is 32.7 Å². The average molecular weight is 143 g/mol. The first kappa shape index (κ1) is 6.58. The molecule has 0 aromatic rings. The van der Waals surface area contributed by atoms with Crippen molar-refractivity contribution in [2.24, 2.45) is 5.92 Å². The molecule has 1 saturated carbocycles. The zero-order valence-corrected chi connectivity index (χ0v) is 6.16. The maximum atomic E-state index is 8.62. The van der Waals surface area contributed by atoms with Gasteiger partial charge in [0.25, 0.3) is 0 Å². The van der Waals surface area contributed by atoms with Gasteiger partial charge in [0.2, 0.25) is 0 Å². The van der Waals surface area contributed by atoms with E-state index in [1.165, 1.54) is 6.42 Å². The molecule has 1 saturated heterocycles. The van der Waals surface area contributed by atoms with Gasteiger partial charge in [-0.05, 0) is 12.3 Å². The smallest absolute Gasteiger partial charge is 0.117 e. The molecular weight excluding hydrogens is 130 g/mol. The molecule has 0 radical (unpaired) electrons. The molecule has 1 aliphatic heterocycles. The van der Waals surface area contributed by atoms with Crippen molar-refractivity contribution < 1.29 is 9.94 Å². The van der Waals surface area contributed by atoms with Gasteiger partial charge in [-0.2, -0.15) is 5.06 Å². The standard InChI is InChI=1S/C7H13NO2/c1-5-2-7(5)8-3-6(4-9)10-8/h5-7,9H,2-4H2,1H3/t5-,6?,7?/m0/s1. The van der Waals surface area contributed by atoms with Gasteiger partial charge in [0.05, 0.1) is 13.2 Å². The predicted octanol–water partition coefficient (Wildman–Crippen LogP) is 0.00290. The molecule has 0 aromatic heterocycles. The molecule has 0 bridgehead atoms. The molecule has 0 amide bonds. The van der Waals surface area contributed by atoms with Crippen molar-refractivity contribution in [1.82, 2.24) is 5.06 Å². The Morgan fingerprint density at radius 1 is 1.70 bits per heavy atom. The van der Waals surface area contributed by atoms with Crippen molar-refractivity contribution in [1.29, 1.82) is 0 Å². The Labute approximate surface area is 60.5 Å². The van der Waals surface area contributed by atoms with E-state index in [0.717, 1.165) is 12.5 Å². The maximum Gasteiger partial charge on any atom is 0.117 e. The molecule has 58 valence electrons. The number of rotatable bonds is 2. The van der Waals surface area contributed by atoms with Crippen LogP contribution in [0.3, 0.4) is 0 Å². The van der Waals surface area contributed by atoms with E-state index >= 15 is 0 Å². The Kier molecular flexibility index (Phi) is 1.44. The number of hydrogen-bond donors (Lipinski definition) is 1. The second kappa shape index (κ2) is 2.19. The normalized spacial score (nSPS) is 46.8. The van der Waals surface area contributed by atoms with E-state index in [0.29, 0.717) is 6.04 Å². The highest BCUT2D eigenvalue weighted by Gasteiger charge is 2.44. The lowest BCUT2D eigenvalue weighted by atomic mass is 10.3. The van der Waals surface area contributed by atoms with E-state index < -0.39 is 0 Å². The van der Waals surface area contributed by atoms with Crippen molar-refractivity contribution in [2.75, 3.05) is 13.2 Å². The number of aliphatic hydroxyl groups is 1. The lowest BCUT2D eigenvalue weighted by molar-refractivity contribution is -0.310. The molecule has 3 nitrogen and oxygen atoms in total. The Balaban J connectivity index is 1.71. The SMILES string of the molecule is C[C@H]1CC1N1CC(CO)O1. The van der Waals surface area contributed by atoms with E-state index in [-0.39, 0.29) is 12.7 Å². The fraction of sp³-hybridized carbons (Fsp3) is 1.00. The number of nitrogens with zero attached hydrogens (tertiary/aromatic N) is 1. The monoisotopic (exact) mass is 143 g/mol. The second-order valence-electron chi connectivity index (χ2n) is 3.29. The summed E-state index contributed by atoms with van der Waals surface area (Å²) in [5.41, 5.74) is 0. The third-order valence-electron chi connectivity index (χ3n) is 2.31. The van der Waals surface area contributed by atoms with Crippen LogP contribution >= 0.6 is 0 Å².